The fourth-order valence-electron chi connectivity index (χ4n) is 3.04. The molecule has 0 saturated carbocycles. The molecule has 0 radical (unpaired) electrons. The van der Waals surface area contributed by atoms with Crippen LogP contribution in [0.5, 0.6) is 0 Å². The number of piperidine rings is 1. The molecular formula is C18H23FN4O. The average Bonchev–Trinajstić information content (AvgIpc) is 3.09. The molecule has 128 valence electrons. The number of benzene rings is 1. The standard InChI is InChI=1S/C18H23FN4O/c19-16-13-15(6-7-17(16)23-10-2-1-3-11-23)21-18(24)5-4-9-22-12-8-20-14-22/h6-8,12-14H,1-5,9-11H2,(H,21,24). The molecule has 2 aromatic rings. The Morgan fingerprint density at radius 3 is 2.79 bits per heavy atom. The first-order valence-electron chi connectivity index (χ1n) is 8.52. The molecule has 0 unspecified atom stereocenters. The predicted octanol–water partition coefficient (Wildman–Crippen LogP) is 3.43. The van der Waals surface area contributed by atoms with E-state index in [0.29, 0.717) is 17.8 Å². The van der Waals surface area contributed by atoms with Crippen molar-refractivity contribution in [1.82, 2.24) is 9.55 Å². The maximum Gasteiger partial charge on any atom is 0.224 e. The highest BCUT2D eigenvalue weighted by molar-refractivity contribution is 5.90. The maximum atomic E-state index is 14.3. The quantitative estimate of drug-likeness (QED) is 0.883. The van der Waals surface area contributed by atoms with Gasteiger partial charge in [-0.15, -0.1) is 0 Å². The zero-order valence-electron chi connectivity index (χ0n) is 13.7. The molecule has 1 N–H and O–H groups in total. The van der Waals surface area contributed by atoms with Crippen LogP contribution < -0.4 is 10.2 Å². The highest BCUT2D eigenvalue weighted by atomic mass is 19.1. The molecule has 0 atom stereocenters. The summed E-state index contributed by atoms with van der Waals surface area (Å²) in [6, 6.07) is 4.96. The Hall–Kier alpha value is -2.37. The van der Waals surface area contributed by atoms with Crippen LogP contribution in [0.2, 0.25) is 0 Å². The number of aryl methyl sites for hydroxylation is 1. The molecule has 1 fully saturated rings. The second-order valence-corrected chi connectivity index (χ2v) is 6.17. The van der Waals surface area contributed by atoms with E-state index >= 15 is 0 Å². The van der Waals surface area contributed by atoms with Crippen LogP contribution in [-0.4, -0.2) is 28.5 Å². The molecule has 1 aliphatic heterocycles. The predicted molar refractivity (Wildman–Crippen MR) is 92.6 cm³/mol. The van der Waals surface area contributed by atoms with Crippen molar-refractivity contribution in [2.24, 2.45) is 0 Å². The largest absolute Gasteiger partial charge is 0.369 e. The fourth-order valence-corrected chi connectivity index (χ4v) is 3.04. The zero-order chi connectivity index (χ0) is 16.8. The van der Waals surface area contributed by atoms with Gasteiger partial charge in [0, 0.05) is 44.1 Å². The molecule has 3 rings (SSSR count). The highest BCUT2D eigenvalue weighted by Gasteiger charge is 2.15. The topological polar surface area (TPSA) is 50.2 Å². The molecular weight excluding hydrogens is 307 g/mol. The van der Waals surface area contributed by atoms with Gasteiger partial charge in [-0.2, -0.15) is 0 Å². The summed E-state index contributed by atoms with van der Waals surface area (Å²) < 4.78 is 16.3. The summed E-state index contributed by atoms with van der Waals surface area (Å²) in [5.41, 5.74) is 1.15. The maximum absolute atomic E-state index is 14.3. The van der Waals surface area contributed by atoms with Gasteiger partial charge in [0.25, 0.3) is 0 Å². The molecule has 1 aromatic heterocycles. The SMILES string of the molecule is O=C(CCCn1ccnc1)Nc1ccc(N2CCCCC2)c(F)c1. The van der Waals surface area contributed by atoms with Crippen LogP contribution in [0.4, 0.5) is 15.8 Å². The smallest absolute Gasteiger partial charge is 0.224 e. The van der Waals surface area contributed by atoms with E-state index in [1.807, 2.05) is 10.8 Å². The number of anilines is 2. The second-order valence-electron chi connectivity index (χ2n) is 6.17. The lowest BCUT2D eigenvalue weighted by molar-refractivity contribution is -0.116. The monoisotopic (exact) mass is 330 g/mol. The molecule has 5 nitrogen and oxygen atoms in total. The van der Waals surface area contributed by atoms with E-state index in [4.69, 9.17) is 0 Å². The van der Waals surface area contributed by atoms with Gasteiger partial charge in [0.15, 0.2) is 0 Å². The van der Waals surface area contributed by atoms with Gasteiger partial charge in [-0.1, -0.05) is 0 Å². The van der Waals surface area contributed by atoms with Gasteiger partial charge in [-0.05, 0) is 43.9 Å². The molecule has 24 heavy (non-hydrogen) atoms. The lowest BCUT2D eigenvalue weighted by atomic mass is 10.1. The summed E-state index contributed by atoms with van der Waals surface area (Å²) in [4.78, 5) is 18.0. The normalized spacial score (nSPS) is 14.6. The van der Waals surface area contributed by atoms with Crippen molar-refractivity contribution in [2.45, 2.75) is 38.6 Å². The Morgan fingerprint density at radius 1 is 1.25 bits per heavy atom. The molecule has 0 bridgehead atoms. The van der Waals surface area contributed by atoms with E-state index < -0.39 is 0 Å². The van der Waals surface area contributed by atoms with Gasteiger partial charge >= 0.3 is 0 Å². The van der Waals surface area contributed by atoms with Crippen LogP contribution in [-0.2, 0) is 11.3 Å². The first kappa shape index (κ1) is 16.5. The van der Waals surface area contributed by atoms with Crippen LogP contribution in [0.25, 0.3) is 0 Å². The van der Waals surface area contributed by atoms with Crippen molar-refractivity contribution in [2.75, 3.05) is 23.3 Å². The van der Waals surface area contributed by atoms with Crippen molar-refractivity contribution in [3.8, 4) is 0 Å². The molecule has 1 aromatic carbocycles. The van der Waals surface area contributed by atoms with E-state index in [2.05, 4.69) is 15.2 Å². The Labute approximate surface area is 141 Å². The van der Waals surface area contributed by atoms with Crippen molar-refractivity contribution < 1.29 is 9.18 Å². The van der Waals surface area contributed by atoms with Crippen LogP contribution in [0, 0.1) is 5.82 Å². The van der Waals surface area contributed by atoms with E-state index in [-0.39, 0.29) is 11.7 Å². The first-order valence-corrected chi connectivity index (χ1v) is 8.52. The van der Waals surface area contributed by atoms with Crippen LogP contribution in [0.1, 0.15) is 32.1 Å². The number of aromatic nitrogens is 2. The van der Waals surface area contributed by atoms with Gasteiger partial charge < -0.3 is 14.8 Å². The summed E-state index contributed by atoms with van der Waals surface area (Å²) in [5.74, 6) is -0.367. The summed E-state index contributed by atoms with van der Waals surface area (Å²) in [6.07, 6.45) is 9.85. The van der Waals surface area contributed by atoms with E-state index in [9.17, 15) is 9.18 Å². The first-order chi connectivity index (χ1) is 11.7. The number of amides is 1. The molecule has 1 aliphatic rings. The summed E-state index contributed by atoms with van der Waals surface area (Å²) in [5, 5.41) is 2.77. The lowest BCUT2D eigenvalue weighted by Gasteiger charge is -2.29. The Kier molecular flexibility index (Phi) is 5.46. The minimum atomic E-state index is -0.270. The number of nitrogens with one attached hydrogen (secondary N) is 1. The van der Waals surface area contributed by atoms with Crippen molar-refractivity contribution in [3.05, 3.63) is 42.7 Å². The molecule has 1 amide bonds. The zero-order valence-corrected chi connectivity index (χ0v) is 13.7. The van der Waals surface area contributed by atoms with Crippen molar-refractivity contribution >= 4 is 17.3 Å². The van der Waals surface area contributed by atoms with Crippen molar-refractivity contribution in [1.29, 1.82) is 0 Å². The fraction of sp³-hybridized carbons (Fsp3) is 0.444. The van der Waals surface area contributed by atoms with Crippen LogP contribution in [0.15, 0.2) is 36.9 Å². The van der Waals surface area contributed by atoms with Crippen LogP contribution in [0.3, 0.4) is 0 Å². The Balaban J connectivity index is 1.51. The van der Waals surface area contributed by atoms with Crippen molar-refractivity contribution in [3.63, 3.8) is 0 Å². The minimum absolute atomic E-state index is 0.0970. The molecule has 2 heterocycles. The number of rotatable bonds is 6. The van der Waals surface area contributed by atoms with Gasteiger partial charge in [0.1, 0.15) is 5.82 Å². The summed E-state index contributed by atoms with van der Waals surface area (Å²) in [7, 11) is 0. The second kappa shape index (κ2) is 7.95. The van der Waals surface area contributed by atoms with E-state index in [1.54, 1.807) is 24.7 Å². The highest BCUT2D eigenvalue weighted by Crippen LogP contribution is 2.25. The third-order valence-corrected chi connectivity index (χ3v) is 4.31. The molecule has 0 aliphatic carbocycles. The number of hydrogen-bond donors (Lipinski definition) is 1. The number of nitrogens with zero attached hydrogens (tertiary/aromatic N) is 3. The third-order valence-electron chi connectivity index (χ3n) is 4.31. The number of hydrogen-bond acceptors (Lipinski definition) is 3. The average molecular weight is 330 g/mol. The molecule has 1 saturated heterocycles. The molecule has 0 spiro atoms. The third kappa shape index (κ3) is 4.34. The lowest BCUT2D eigenvalue weighted by Crippen LogP contribution is -2.30. The number of carbonyl (C=O) groups excluding carboxylic acids is 1. The van der Waals surface area contributed by atoms with E-state index in [1.165, 1.54) is 12.5 Å². The Morgan fingerprint density at radius 2 is 2.08 bits per heavy atom. The number of carbonyl (C=O) groups is 1. The van der Waals surface area contributed by atoms with Crippen LogP contribution >= 0.6 is 0 Å². The van der Waals surface area contributed by atoms with Gasteiger partial charge in [-0.25, -0.2) is 9.37 Å². The number of halogens is 1. The van der Waals surface area contributed by atoms with Gasteiger partial charge in [0.2, 0.25) is 5.91 Å². The van der Waals surface area contributed by atoms with Gasteiger partial charge in [0.05, 0.1) is 12.0 Å². The summed E-state index contributed by atoms with van der Waals surface area (Å²) >= 11 is 0. The summed E-state index contributed by atoms with van der Waals surface area (Å²) in [6.45, 7) is 2.55. The minimum Gasteiger partial charge on any atom is -0.369 e. The van der Waals surface area contributed by atoms with E-state index in [0.717, 1.165) is 38.9 Å². The van der Waals surface area contributed by atoms with Gasteiger partial charge in [-0.3, -0.25) is 4.79 Å². The number of imidazole rings is 1. The molecule has 6 heteroatoms. The Bertz CT molecular complexity index is 666.